The monoisotopic (exact) mass is 249 g/mol. The Morgan fingerprint density at radius 2 is 2.06 bits per heavy atom. The zero-order chi connectivity index (χ0) is 13.0. The van der Waals surface area contributed by atoms with Crippen molar-refractivity contribution in [1.29, 1.82) is 0 Å². The average molecular weight is 249 g/mol. The first kappa shape index (κ1) is 12.9. The number of esters is 1. The Morgan fingerprint density at radius 3 is 2.61 bits per heavy atom. The highest BCUT2D eigenvalue weighted by molar-refractivity contribution is 5.80. The number of carbonyl (C=O) groups is 1. The molecule has 0 amide bonds. The molecule has 98 valence electrons. The Kier molecular flexibility index (Phi) is 3.87. The van der Waals surface area contributed by atoms with Crippen LogP contribution in [0.5, 0.6) is 5.75 Å². The van der Waals surface area contributed by atoms with E-state index in [1.54, 1.807) is 0 Å². The molecule has 18 heavy (non-hydrogen) atoms. The largest absolute Gasteiger partial charge is 0.491 e. The summed E-state index contributed by atoms with van der Waals surface area (Å²) in [5.74, 6) is 0.468. The van der Waals surface area contributed by atoms with Crippen LogP contribution in [0.4, 0.5) is 0 Å². The maximum Gasteiger partial charge on any atom is 0.329 e. The highest BCUT2D eigenvalue weighted by Crippen LogP contribution is 2.24. The Balaban J connectivity index is 1.98. The molecule has 0 heterocycles. The van der Waals surface area contributed by atoms with E-state index in [1.807, 2.05) is 37.3 Å². The van der Waals surface area contributed by atoms with Gasteiger partial charge in [0.05, 0.1) is 7.11 Å². The van der Waals surface area contributed by atoms with Crippen LogP contribution in [0.2, 0.25) is 0 Å². The van der Waals surface area contributed by atoms with Gasteiger partial charge in [-0.25, -0.2) is 4.79 Å². The van der Waals surface area contributed by atoms with Crippen molar-refractivity contribution < 1.29 is 14.3 Å². The molecular weight excluding hydrogens is 230 g/mol. The van der Waals surface area contributed by atoms with Crippen LogP contribution in [0.15, 0.2) is 30.3 Å². The van der Waals surface area contributed by atoms with Gasteiger partial charge in [-0.2, -0.15) is 0 Å². The van der Waals surface area contributed by atoms with E-state index >= 15 is 0 Å². The summed E-state index contributed by atoms with van der Waals surface area (Å²) < 4.78 is 10.5. The van der Waals surface area contributed by atoms with Crippen LogP contribution < -0.4 is 10.1 Å². The molecule has 0 spiro atoms. The van der Waals surface area contributed by atoms with Gasteiger partial charge in [0.2, 0.25) is 0 Å². The van der Waals surface area contributed by atoms with E-state index in [0.717, 1.165) is 18.6 Å². The molecule has 1 unspecified atom stereocenters. The van der Waals surface area contributed by atoms with Crippen LogP contribution in [0.1, 0.15) is 19.8 Å². The Morgan fingerprint density at radius 1 is 1.39 bits per heavy atom. The van der Waals surface area contributed by atoms with E-state index in [-0.39, 0.29) is 12.6 Å². The van der Waals surface area contributed by atoms with E-state index in [2.05, 4.69) is 5.32 Å². The maximum absolute atomic E-state index is 11.9. The molecule has 1 fully saturated rings. The number of rotatable bonds is 6. The minimum absolute atomic E-state index is 0.264. The molecule has 4 heteroatoms. The molecule has 1 aliphatic rings. The Bertz CT molecular complexity index is 403. The molecule has 1 aliphatic carbocycles. The maximum atomic E-state index is 11.9. The average Bonchev–Trinajstić information content (AvgIpc) is 3.20. The lowest BCUT2D eigenvalue weighted by molar-refractivity contribution is -0.149. The first-order chi connectivity index (χ1) is 8.64. The fraction of sp³-hybridized carbons (Fsp3) is 0.500. The summed E-state index contributed by atoms with van der Waals surface area (Å²) in [6.45, 7) is 2.08. The first-order valence-electron chi connectivity index (χ1n) is 6.18. The summed E-state index contributed by atoms with van der Waals surface area (Å²) >= 11 is 0. The third-order valence-electron chi connectivity index (χ3n) is 3.01. The van der Waals surface area contributed by atoms with Crippen molar-refractivity contribution in [3.05, 3.63) is 30.3 Å². The van der Waals surface area contributed by atoms with Gasteiger partial charge in [-0.15, -0.1) is 0 Å². The smallest absolute Gasteiger partial charge is 0.329 e. The molecule has 1 aromatic carbocycles. The molecule has 0 saturated heterocycles. The third-order valence-corrected chi connectivity index (χ3v) is 3.01. The van der Waals surface area contributed by atoms with Gasteiger partial charge in [0.15, 0.2) is 0 Å². The van der Waals surface area contributed by atoms with Gasteiger partial charge in [0, 0.05) is 6.04 Å². The number of carbonyl (C=O) groups excluding carboxylic acids is 1. The minimum Gasteiger partial charge on any atom is -0.491 e. The number of hydrogen-bond acceptors (Lipinski definition) is 4. The van der Waals surface area contributed by atoms with Crippen LogP contribution in [0, 0.1) is 0 Å². The molecule has 1 atom stereocenters. The van der Waals surface area contributed by atoms with Gasteiger partial charge in [0.1, 0.15) is 17.9 Å². The molecular formula is C14H19NO3. The van der Waals surface area contributed by atoms with Crippen LogP contribution in [0.25, 0.3) is 0 Å². The van der Waals surface area contributed by atoms with Crippen LogP contribution in [0.3, 0.4) is 0 Å². The molecule has 1 saturated carbocycles. The van der Waals surface area contributed by atoms with Gasteiger partial charge in [0.25, 0.3) is 0 Å². The summed E-state index contributed by atoms with van der Waals surface area (Å²) in [5.41, 5.74) is -0.786. The SMILES string of the molecule is COC(=O)C(C)(COc1ccccc1)NC1CC1. The van der Waals surface area contributed by atoms with Crippen molar-refractivity contribution in [2.24, 2.45) is 0 Å². The second-order valence-electron chi connectivity index (χ2n) is 4.84. The van der Waals surface area contributed by atoms with Gasteiger partial charge in [-0.3, -0.25) is 5.32 Å². The molecule has 2 rings (SSSR count). The van der Waals surface area contributed by atoms with Crippen LogP contribution in [-0.4, -0.2) is 31.3 Å². The first-order valence-corrected chi connectivity index (χ1v) is 6.18. The standard InChI is InChI=1S/C14H19NO3/c1-14(13(16)17-2,15-11-8-9-11)10-18-12-6-4-3-5-7-12/h3-7,11,15H,8-10H2,1-2H3. The van der Waals surface area contributed by atoms with E-state index < -0.39 is 5.54 Å². The van der Waals surface area contributed by atoms with Gasteiger partial charge in [-0.1, -0.05) is 18.2 Å². The Hall–Kier alpha value is -1.55. The quantitative estimate of drug-likeness (QED) is 0.780. The lowest BCUT2D eigenvalue weighted by atomic mass is 10.0. The number of methoxy groups -OCH3 is 1. The van der Waals surface area contributed by atoms with Crippen molar-refractivity contribution in [2.75, 3.05) is 13.7 Å². The van der Waals surface area contributed by atoms with E-state index in [1.165, 1.54) is 7.11 Å². The number of para-hydroxylation sites is 1. The minimum atomic E-state index is -0.786. The van der Waals surface area contributed by atoms with Crippen LogP contribution >= 0.6 is 0 Å². The van der Waals surface area contributed by atoms with E-state index in [9.17, 15) is 4.79 Å². The number of hydrogen-bond donors (Lipinski definition) is 1. The fourth-order valence-corrected chi connectivity index (χ4v) is 1.81. The predicted molar refractivity (Wildman–Crippen MR) is 68.5 cm³/mol. The van der Waals surface area contributed by atoms with Crippen molar-refractivity contribution in [2.45, 2.75) is 31.3 Å². The van der Waals surface area contributed by atoms with Crippen molar-refractivity contribution in [3.8, 4) is 5.75 Å². The molecule has 0 aromatic heterocycles. The highest BCUT2D eigenvalue weighted by atomic mass is 16.5. The highest BCUT2D eigenvalue weighted by Gasteiger charge is 2.40. The normalized spacial score (nSPS) is 17.9. The zero-order valence-corrected chi connectivity index (χ0v) is 10.8. The summed E-state index contributed by atoms with van der Waals surface area (Å²) in [4.78, 5) is 11.9. The lowest BCUT2D eigenvalue weighted by Crippen LogP contribution is -2.55. The van der Waals surface area contributed by atoms with Crippen molar-refractivity contribution in [3.63, 3.8) is 0 Å². The Labute approximate surface area is 107 Å². The number of benzene rings is 1. The number of nitrogens with one attached hydrogen (secondary N) is 1. The van der Waals surface area contributed by atoms with Gasteiger partial charge >= 0.3 is 5.97 Å². The van der Waals surface area contributed by atoms with Gasteiger partial charge in [-0.05, 0) is 31.9 Å². The second-order valence-corrected chi connectivity index (χ2v) is 4.84. The van der Waals surface area contributed by atoms with E-state index in [0.29, 0.717) is 6.04 Å². The lowest BCUT2D eigenvalue weighted by Gasteiger charge is -2.28. The summed E-state index contributed by atoms with van der Waals surface area (Å²) in [7, 11) is 1.40. The molecule has 4 nitrogen and oxygen atoms in total. The van der Waals surface area contributed by atoms with Gasteiger partial charge < -0.3 is 9.47 Å². The summed E-state index contributed by atoms with van der Waals surface area (Å²) in [6.07, 6.45) is 2.22. The summed E-state index contributed by atoms with van der Waals surface area (Å²) in [6, 6.07) is 9.88. The topological polar surface area (TPSA) is 47.6 Å². The van der Waals surface area contributed by atoms with Crippen molar-refractivity contribution >= 4 is 5.97 Å². The van der Waals surface area contributed by atoms with E-state index in [4.69, 9.17) is 9.47 Å². The molecule has 0 bridgehead atoms. The summed E-state index contributed by atoms with van der Waals surface area (Å²) in [5, 5.41) is 3.29. The molecule has 0 radical (unpaired) electrons. The van der Waals surface area contributed by atoms with Crippen LogP contribution in [-0.2, 0) is 9.53 Å². The molecule has 1 N–H and O–H groups in total. The second kappa shape index (κ2) is 5.40. The molecule has 1 aromatic rings. The van der Waals surface area contributed by atoms with Crippen molar-refractivity contribution in [1.82, 2.24) is 5.32 Å². The fourth-order valence-electron chi connectivity index (χ4n) is 1.81. The molecule has 0 aliphatic heterocycles. The third kappa shape index (κ3) is 3.23. The zero-order valence-electron chi connectivity index (χ0n) is 10.8. The predicted octanol–water partition coefficient (Wildman–Crippen LogP) is 1.75. The number of ether oxygens (including phenoxy) is 2.